The fraction of sp³-hybridized carbons (Fsp3) is 0.391. The Bertz CT molecular complexity index is 1370. The second kappa shape index (κ2) is 7.95. The van der Waals surface area contributed by atoms with E-state index < -0.39 is 19.1 Å². The number of aromatic nitrogens is 5. The summed E-state index contributed by atoms with van der Waals surface area (Å²) < 4.78 is 24.3. The molecule has 3 aromatic heterocycles. The van der Waals surface area contributed by atoms with E-state index in [0.29, 0.717) is 11.5 Å². The maximum Gasteiger partial charge on any atom is 0.228 e. The summed E-state index contributed by atoms with van der Waals surface area (Å²) in [6.07, 6.45) is 3.95. The molecule has 1 amide bonds. The van der Waals surface area contributed by atoms with Crippen molar-refractivity contribution in [1.82, 2.24) is 25.0 Å². The van der Waals surface area contributed by atoms with Crippen molar-refractivity contribution in [3.63, 3.8) is 0 Å². The minimum Gasteiger partial charge on any atom is -0.363 e. The van der Waals surface area contributed by atoms with Crippen molar-refractivity contribution < 1.29 is 13.7 Å². The molecule has 2 aliphatic rings. The molecule has 1 aliphatic heterocycles. The number of pyridine rings is 2. The summed E-state index contributed by atoms with van der Waals surface area (Å²) in [5.41, 5.74) is 3.69. The zero-order chi connectivity index (χ0) is 25.8. The minimum atomic E-state index is -2.44. The monoisotopic (exact) mass is 449 g/mol. The van der Waals surface area contributed by atoms with Gasteiger partial charge in [0.25, 0.3) is 0 Å². The van der Waals surface area contributed by atoms with Gasteiger partial charge in [-0.3, -0.25) is 9.59 Å². The first-order valence-electron chi connectivity index (χ1n) is 12.3. The molecule has 1 aliphatic carbocycles. The van der Waals surface area contributed by atoms with Gasteiger partial charge in [-0.2, -0.15) is 0 Å². The summed E-state index contributed by atoms with van der Waals surface area (Å²) in [7, 11) is 3.78. The Morgan fingerprint density at radius 1 is 1.27 bits per heavy atom. The number of anilines is 4. The molecule has 4 heterocycles. The molecule has 0 unspecified atom stereocenters. The van der Waals surface area contributed by atoms with Crippen LogP contribution in [0.4, 0.5) is 23.0 Å². The van der Waals surface area contributed by atoms with Crippen LogP contribution in [0.5, 0.6) is 0 Å². The number of amides is 1. The van der Waals surface area contributed by atoms with E-state index in [4.69, 9.17) is 4.11 Å². The lowest BCUT2D eigenvalue weighted by molar-refractivity contribution is -0.117. The van der Waals surface area contributed by atoms with E-state index in [-0.39, 0.29) is 29.2 Å². The number of ketones is 1. The van der Waals surface area contributed by atoms with Gasteiger partial charge in [-0.25, -0.2) is 14.6 Å². The van der Waals surface area contributed by atoms with E-state index in [1.807, 2.05) is 32.0 Å². The van der Waals surface area contributed by atoms with Crippen molar-refractivity contribution in [1.29, 1.82) is 0 Å². The summed E-state index contributed by atoms with van der Waals surface area (Å²) >= 11 is 0. The van der Waals surface area contributed by atoms with Gasteiger partial charge in [0.05, 0.1) is 28.7 Å². The van der Waals surface area contributed by atoms with Gasteiger partial charge in [0.2, 0.25) is 5.91 Å². The number of nitrogens with zero attached hydrogens (tertiary/aromatic N) is 6. The van der Waals surface area contributed by atoms with Gasteiger partial charge in [-0.05, 0) is 25.8 Å². The van der Waals surface area contributed by atoms with Crippen LogP contribution >= 0.6 is 0 Å². The Labute approximate surface area is 195 Å². The van der Waals surface area contributed by atoms with Gasteiger partial charge < -0.3 is 15.5 Å². The first-order chi connectivity index (χ1) is 17.0. The van der Waals surface area contributed by atoms with Crippen molar-refractivity contribution in [3.8, 4) is 11.3 Å². The van der Waals surface area contributed by atoms with Gasteiger partial charge in [0.15, 0.2) is 11.6 Å². The Hall–Kier alpha value is -3.82. The Morgan fingerprint density at radius 3 is 2.85 bits per heavy atom. The number of nitrogens with one attached hydrogen (secondary N) is 2. The molecule has 1 fully saturated rings. The van der Waals surface area contributed by atoms with E-state index >= 15 is 0 Å². The van der Waals surface area contributed by atoms with Crippen LogP contribution < -0.4 is 15.5 Å². The molecular formula is C23H26N8O2. The molecule has 170 valence electrons. The molecule has 10 heteroatoms. The summed E-state index contributed by atoms with van der Waals surface area (Å²) in [6.45, 7) is -0.402. The van der Waals surface area contributed by atoms with Crippen molar-refractivity contribution in [3.05, 3.63) is 35.8 Å². The van der Waals surface area contributed by atoms with Crippen LogP contribution in [0, 0.1) is 5.92 Å². The van der Waals surface area contributed by atoms with Crippen molar-refractivity contribution in [2.24, 2.45) is 13.0 Å². The third kappa shape index (κ3) is 3.61. The maximum atomic E-state index is 12.9. The number of rotatable bonds is 6. The number of carbonyl (C=O) groups is 2. The average molecular weight is 450 g/mol. The second-order valence-corrected chi connectivity index (χ2v) is 8.39. The number of Topliss-reactive ketones (excluding diaryl/α,β-unsaturated/α-hetero) is 1. The summed E-state index contributed by atoms with van der Waals surface area (Å²) in [4.78, 5) is 36.0. The SMILES string of the molecule is [2H]C([2H])([2H])CC(=O)c1cnc(NC(=O)C2CC2)cc1Nc1nccc2c1N(C)[C@H](C)c1c-2nnn1C. The molecule has 5 rings (SSSR count). The zero-order valence-electron chi connectivity index (χ0n) is 21.6. The molecule has 0 aromatic carbocycles. The van der Waals surface area contributed by atoms with Crippen LogP contribution in [-0.4, -0.2) is 43.7 Å². The molecular weight excluding hydrogens is 420 g/mol. The van der Waals surface area contributed by atoms with Crippen molar-refractivity contribution >= 4 is 34.7 Å². The highest BCUT2D eigenvalue weighted by atomic mass is 16.2. The van der Waals surface area contributed by atoms with Crippen LogP contribution in [0.15, 0.2) is 24.5 Å². The van der Waals surface area contributed by atoms with Gasteiger partial charge in [-0.15, -0.1) is 5.10 Å². The third-order valence-electron chi connectivity index (χ3n) is 6.20. The highest BCUT2D eigenvalue weighted by Gasteiger charge is 2.33. The minimum absolute atomic E-state index is 0.0285. The average Bonchev–Trinajstić information content (AvgIpc) is 3.58. The maximum absolute atomic E-state index is 12.9. The van der Waals surface area contributed by atoms with Gasteiger partial charge in [0.1, 0.15) is 11.5 Å². The Morgan fingerprint density at radius 2 is 2.09 bits per heavy atom. The van der Waals surface area contributed by atoms with Crippen LogP contribution in [0.3, 0.4) is 0 Å². The molecule has 33 heavy (non-hydrogen) atoms. The fourth-order valence-electron chi connectivity index (χ4n) is 4.14. The van der Waals surface area contributed by atoms with Crippen LogP contribution in [0.1, 0.15) is 59.2 Å². The van der Waals surface area contributed by atoms with E-state index in [1.54, 1.807) is 10.9 Å². The normalized spacial score (nSPS) is 18.5. The Balaban J connectivity index is 1.57. The molecule has 3 aromatic rings. The molecule has 2 N–H and O–H groups in total. The van der Waals surface area contributed by atoms with E-state index in [2.05, 4.69) is 30.9 Å². The first-order valence-corrected chi connectivity index (χ1v) is 10.8. The van der Waals surface area contributed by atoms with E-state index in [0.717, 1.165) is 35.5 Å². The zero-order valence-corrected chi connectivity index (χ0v) is 18.6. The van der Waals surface area contributed by atoms with Gasteiger partial charge in [0, 0.05) is 54.6 Å². The summed E-state index contributed by atoms with van der Waals surface area (Å²) in [6, 6.07) is 3.33. The number of hydrogen-bond donors (Lipinski definition) is 2. The molecule has 0 radical (unpaired) electrons. The lowest BCUT2D eigenvalue weighted by atomic mass is 9.98. The summed E-state index contributed by atoms with van der Waals surface area (Å²) in [5.74, 6) is -0.0321. The van der Waals surface area contributed by atoms with Gasteiger partial charge in [-0.1, -0.05) is 12.1 Å². The molecule has 0 bridgehead atoms. The standard InChI is InChI=1S/C23H26N8O2/c1-5-17(32)15-11-25-18(27-23(33)13-6-7-13)10-16(15)26-22-21-14(8-9-24-22)19-20(12(2)30(21)3)31(4)29-28-19/h8-13H,5-7H2,1-4H3,(H2,24,25,26,27,33)/t12-/m1/s1/i1D3. The summed E-state index contributed by atoms with van der Waals surface area (Å²) in [5, 5.41) is 14.5. The number of aryl methyl sites for hydroxylation is 1. The smallest absolute Gasteiger partial charge is 0.228 e. The predicted octanol–water partition coefficient (Wildman–Crippen LogP) is 3.47. The number of hydrogen-bond acceptors (Lipinski definition) is 8. The molecule has 1 saturated carbocycles. The molecule has 10 nitrogen and oxygen atoms in total. The fourth-order valence-corrected chi connectivity index (χ4v) is 4.14. The predicted molar refractivity (Wildman–Crippen MR) is 125 cm³/mol. The largest absolute Gasteiger partial charge is 0.363 e. The van der Waals surface area contributed by atoms with Crippen LogP contribution in [-0.2, 0) is 11.8 Å². The highest BCUT2D eigenvalue weighted by molar-refractivity contribution is 6.03. The Kier molecular flexibility index (Phi) is 4.26. The van der Waals surface area contributed by atoms with Crippen LogP contribution in [0.25, 0.3) is 11.3 Å². The van der Waals surface area contributed by atoms with Crippen molar-refractivity contribution in [2.45, 2.75) is 39.1 Å². The van der Waals surface area contributed by atoms with Crippen molar-refractivity contribution in [2.75, 3.05) is 22.6 Å². The topological polar surface area (TPSA) is 118 Å². The molecule has 0 spiro atoms. The van der Waals surface area contributed by atoms with Crippen LogP contribution in [0.2, 0.25) is 0 Å². The van der Waals surface area contributed by atoms with Gasteiger partial charge >= 0.3 is 0 Å². The molecule has 1 atom stereocenters. The highest BCUT2D eigenvalue weighted by Crippen LogP contribution is 2.46. The van der Waals surface area contributed by atoms with E-state index in [9.17, 15) is 9.59 Å². The number of fused-ring (bicyclic) bond motifs is 3. The quantitative estimate of drug-likeness (QED) is 0.549. The first kappa shape index (κ1) is 17.7. The lowest BCUT2D eigenvalue weighted by Crippen LogP contribution is -2.28. The number of carbonyl (C=O) groups excluding carboxylic acids is 2. The lowest BCUT2D eigenvalue weighted by Gasteiger charge is -2.34. The second-order valence-electron chi connectivity index (χ2n) is 8.39. The third-order valence-corrected chi connectivity index (χ3v) is 6.20. The van der Waals surface area contributed by atoms with E-state index in [1.165, 1.54) is 12.3 Å². The molecule has 0 saturated heterocycles.